The minimum absolute atomic E-state index is 0.254. The van der Waals surface area contributed by atoms with Crippen LogP contribution in [0, 0.1) is 0 Å². The van der Waals surface area contributed by atoms with E-state index in [-0.39, 0.29) is 10.7 Å². The van der Waals surface area contributed by atoms with Crippen molar-refractivity contribution in [2.45, 2.75) is 17.6 Å². The molecule has 1 aromatic heterocycles. The fraction of sp³-hybridized carbons (Fsp3) is 0.471. The highest BCUT2D eigenvalue weighted by atomic mass is 32.2. The van der Waals surface area contributed by atoms with Gasteiger partial charge in [0.15, 0.2) is 11.5 Å². The number of aromatic nitrogens is 1. The Labute approximate surface area is 148 Å². The number of nitrogens with one attached hydrogen (secondary N) is 2. The molecular formula is C17H22N2O5S. The van der Waals surface area contributed by atoms with Gasteiger partial charge < -0.3 is 24.5 Å². The molecule has 0 saturated heterocycles. The summed E-state index contributed by atoms with van der Waals surface area (Å²) in [5.41, 5.74) is 1.02. The molecule has 0 aliphatic heterocycles. The standard InChI is InChI=1S/C17H22N2O5S/c1-22-12-8-13(23-2)15(24-3)14-10(12)7-11(19-14)16(20)18-9-17(5-6-17)25(4)21/h7-8,19H,5-6,9H2,1-4H3,(H,18,20)/t25-/m1/s1. The Hall–Kier alpha value is -2.22. The van der Waals surface area contributed by atoms with Crippen molar-refractivity contribution in [2.24, 2.45) is 0 Å². The van der Waals surface area contributed by atoms with E-state index in [4.69, 9.17) is 14.2 Å². The normalized spacial score (nSPS) is 16.3. The maximum Gasteiger partial charge on any atom is 0.267 e. The van der Waals surface area contributed by atoms with Gasteiger partial charge in [-0.05, 0) is 18.9 Å². The zero-order valence-corrected chi connectivity index (χ0v) is 15.5. The predicted molar refractivity (Wildman–Crippen MR) is 96.3 cm³/mol. The van der Waals surface area contributed by atoms with Crippen LogP contribution in [0.5, 0.6) is 17.2 Å². The number of fused-ring (bicyclic) bond motifs is 1. The Balaban J connectivity index is 1.92. The maximum absolute atomic E-state index is 12.5. The van der Waals surface area contributed by atoms with Crippen LogP contribution in [-0.2, 0) is 10.8 Å². The SMILES string of the molecule is COc1cc(OC)c2cc(C(=O)NCC3([S@@](C)=O)CC3)[nH]c2c1OC. The quantitative estimate of drug-likeness (QED) is 0.780. The van der Waals surface area contributed by atoms with Gasteiger partial charge in [0.25, 0.3) is 5.91 Å². The molecule has 136 valence electrons. The van der Waals surface area contributed by atoms with Crippen LogP contribution in [0.4, 0.5) is 0 Å². The van der Waals surface area contributed by atoms with Gasteiger partial charge in [0.05, 0.1) is 31.6 Å². The third-order valence-electron chi connectivity index (χ3n) is 4.67. The minimum atomic E-state index is -0.948. The van der Waals surface area contributed by atoms with E-state index < -0.39 is 10.8 Å². The van der Waals surface area contributed by atoms with Crippen molar-refractivity contribution < 1.29 is 23.2 Å². The molecule has 1 aromatic carbocycles. The second-order valence-electron chi connectivity index (χ2n) is 6.11. The highest BCUT2D eigenvalue weighted by Crippen LogP contribution is 2.42. The molecule has 7 nitrogen and oxygen atoms in total. The number of hydrogen-bond acceptors (Lipinski definition) is 5. The van der Waals surface area contributed by atoms with Gasteiger partial charge in [0.1, 0.15) is 11.4 Å². The number of carbonyl (C=O) groups excluding carboxylic acids is 1. The summed E-state index contributed by atoms with van der Waals surface area (Å²) in [6.45, 7) is 0.405. The topological polar surface area (TPSA) is 89.6 Å². The van der Waals surface area contributed by atoms with Crippen LogP contribution in [0.15, 0.2) is 12.1 Å². The summed E-state index contributed by atoms with van der Waals surface area (Å²) in [7, 11) is 3.69. The first-order chi connectivity index (χ1) is 12.0. The number of aromatic amines is 1. The molecule has 25 heavy (non-hydrogen) atoms. The van der Waals surface area contributed by atoms with Gasteiger partial charge in [0, 0.05) is 35.1 Å². The summed E-state index contributed by atoms with van der Waals surface area (Å²) in [6, 6.07) is 3.43. The van der Waals surface area contributed by atoms with E-state index in [1.807, 2.05) is 0 Å². The van der Waals surface area contributed by atoms with E-state index in [9.17, 15) is 9.00 Å². The van der Waals surface area contributed by atoms with E-state index >= 15 is 0 Å². The number of ether oxygens (including phenoxy) is 3. The summed E-state index contributed by atoms with van der Waals surface area (Å²) >= 11 is 0. The number of carbonyl (C=O) groups is 1. The van der Waals surface area contributed by atoms with Crippen LogP contribution in [0.1, 0.15) is 23.3 Å². The molecule has 0 radical (unpaired) electrons. The maximum atomic E-state index is 12.5. The Morgan fingerprint density at radius 2 is 1.88 bits per heavy atom. The summed E-state index contributed by atoms with van der Waals surface area (Å²) in [6.07, 6.45) is 3.44. The number of amides is 1. The summed E-state index contributed by atoms with van der Waals surface area (Å²) in [5, 5.41) is 3.60. The lowest BCUT2D eigenvalue weighted by Crippen LogP contribution is -2.35. The van der Waals surface area contributed by atoms with Crippen molar-refractivity contribution in [1.29, 1.82) is 0 Å². The fourth-order valence-corrected chi connectivity index (χ4v) is 3.85. The van der Waals surface area contributed by atoms with Crippen molar-refractivity contribution >= 4 is 27.6 Å². The van der Waals surface area contributed by atoms with Crippen LogP contribution in [-0.4, -0.2) is 54.0 Å². The molecule has 1 amide bonds. The van der Waals surface area contributed by atoms with Crippen molar-refractivity contribution in [1.82, 2.24) is 10.3 Å². The molecule has 1 atom stereocenters. The molecule has 2 N–H and O–H groups in total. The van der Waals surface area contributed by atoms with Crippen LogP contribution in [0.2, 0.25) is 0 Å². The molecule has 2 aromatic rings. The van der Waals surface area contributed by atoms with Gasteiger partial charge in [-0.1, -0.05) is 0 Å². The predicted octanol–water partition coefficient (Wildman–Crippen LogP) is 1.83. The van der Waals surface area contributed by atoms with Crippen molar-refractivity contribution in [2.75, 3.05) is 34.1 Å². The first-order valence-corrected chi connectivity index (χ1v) is 9.45. The lowest BCUT2D eigenvalue weighted by atomic mass is 10.2. The van der Waals surface area contributed by atoms with Gasteiger partial charge >= 0.3 is 0 Å². The third kappa shape index (κ3) is 3.06. The number of rotatable bonds is 7. The molecule has 0 unspecified atom stereocenters. The minimum Gasteiger partial charge on any atom is -0.496 e. The molecule has 3 rings (SSSR count). The number of hydrogen-bond donors (Lipinski definition) is 2. The van der Waals surface area contributed by atoms with Crippen LogP contribution in [0.25, 0.3) is 10.9 Å². The average Bonchev–Trinajstić information content (AvgIpc) is 3.28. The van der Waals surface area contributed by atoms with Gasteiger partial charge in [0.2, 0.25) is 0 Å². The van der Waals surface area contributed by atoms with Crippen LogP contribution >= 0.6 is 0 Å². The average molecular weight is 366 g/mol. The number of H-pyrrole nitrogens is 1. The Morgan fingerprint density at radius 1 is 1.20 bits per heavy atom. The fourth-order valence-electron chi connectivity index (χ4n) is 2.90. The first kappa shape index (κ1) is 17.6. The van der Waals surface area contributed by atoms with Crippen LogP contribution < -0.4 is 19.5 Å². The van der Waals surface area contributed by atoms with E-state index in [1.165, 1.54) is 7.11 Å². The Bertz CT molecular complexity index is 841. The molecule has 1 heterocycles. The summed E-state index contributed by atoms with van der Waals surface area (Å²) < 4.78 is 27.6. The van der Waals surface area contributed by atoms with E-state index in [0.717, 1.165) is 18.2 Å². The van der Waals surface area contributed by atoms with Crippen molar-refractivity contribution in [3.8, 4) is 17.2 Å². The van der Waals surface area contributed by atoms with Gasteiger partial charge in [-0.3, -0.25) is 9.00 Å². The zero-order valence-electron chi connectivity index (χ0n) is 14.7. The smallest absolute Gasteiger partial charge is 0.267 e. The molecular weight excluding hydrogens is 344 g/mol. The Morgan fingerprint density at radius 3 is 2.40 bits per heavy atom. The molecule has 8 heteroatoms. The highest BCUT2D eigenvalue weighted by Gasteiger charge is 2.46. The van der Waals surface area contributed by atoms with Gasteiger partial charge in [-0.15, -0.1) is 0 Å². The van der Waals surface area contributed by atoms with Crippen LogP contribution in [0.3, 0.4) is 0 Å². The lowest BCUT2D eigenvalue weighted by Gasteiger charge is -2.12. The monoisotopic (exact) mass is 366 g/mol. The van der Waals surface area contributed by atoms with Gasteiger partial charge in [-0.2, -0.15) is 0 Å². The zero-order chi connectivity index (χ0) is 18.2. The molecule has 0 spiro atoms. The number of methoxy groups -OCH3 is 3. The molecule has 1 fully saturated rings. The van der Waals surface area contributed by atoms with Crippen molar-refractivity contribution in [3.05, 3.63) is 17.8 Å². The third-order valence-corrected chi connectivity index (χ3v) is 6.45. The summed E-state index contributed by atoms with van der Waals surface area (Å²) in [4.78, 5) is 15.6. The second kappa shape index (κ2) is 6.59. The Kier molecular flexibility index (Phi) is 4.64. The van der Waals surface area contributed by atoms with E-state index in [0.29, 0.717) is 35.0 Å². The second-order valence-corrected chi connectivity index (χ2v) is 7.88. The molecule has 1 aliphatic carbocycles. The van der Waals surface area contributed by atoms with Gasteiger partial charge in [-0.25, -0.2) is 0 Å². The first-order valence-electron chi connectivity index (χ1n) is 7.89. The van der Waals surface area contributed by atoms with Crippen molar-refractivity contribution in [3.63, 3.8) is 0 Å². The molecule has 1 saturated carbocycles. The summed E-state index contributed by atoms with van der Waals surface area (Å²) in [5.74, 6) is 1.34. The van der Waals surface area contributed by atoms with E-state index in [2.05, 4.69) is 10.3 Å². The molecule has 1 aliphatic rings. The largest absolute Gasteiger partial charge is 0.496 e. The molecule has 0 bridgehead atoms. The van der Waals surface area contributed by atoms with E-state index in [1.54, 1.807) is 32.6 Å². The number of benzene rings is 1. The lowest BCUT2D eigenvalue weighted by molar-refractivity contribution is 0.0949. The highest BCUT2D eigenvalue weighted by molar-refractivity contribution is 7.86.